The summed E-state index contributed by atoms with van der Waals surface area (Å²) in [6.45, 7) is 5.31. The third-order valence-electron chi connectivity index (χ3n) is 4.57. The summed E-state index contributed by atoms with van der Waals surface area (Å²) in [6, 6.07) is 11.2. The molecular weight excluding hydrogens is 392 g/mol. The number of carbonyl (C=O) groups excluding carboxylic acids is 1. The van der Waals surface area contributed by atoms with Crippen LogP contribution in [0.5, 0.6) is 11.5 Å². The number of nitrogens with zero attached hydrogens (tertiary/aromatic N) is 1. The van der Waals surface area contributed by atoms with Gasteiger partial charge in [0.15, 0.2) is 0 Å². The fourth-order valence-corrected chi connectivity index (χ4v) is 4.11. The van der Waals surface area contributed by atoms with Crippen LogP contribution in [-0.2, 0) is 14.8 Å². The predicted octanol–water partition coefficient (Wildman–Crippen LogP) is 3.12. The molecule has 0 radical (unpaired) electrons. The van der Waals surface area contributed by atoms with E-state index in [1.807, 2.05) is 20.8 Å². The normalized spacial score (nSPS) is 12.2. The second kappa shape index (κ2) is 9.65. The van der Waals surface area contributed by atoms with Gasteiger partial charge in [-0.2, -0.15) is 0 Å². The molecule has 2 aromatic rings. The van der Waals surface area contributed by atoms with Gasteiger partial charge in [-0.3, -0.25) is 9.10 Å². The second-order valence-electron chi connectivity index (χ2n) is 6.74. The van der Waals surface area contributed by atoms with Gasteiger partial charge in [0.05, 0.1) is 24.8 Å². The molecule has 0 heterocycles. The lowest BCUT2D eigenvalue weighted by atomic mass is 10.2. The van der Waals surface area contributed by atoms with Crippen molar-refractivity contribution in [3.05, 3.63) is 48.0 Å². The molecule has 1 atom stereocenters. The fourth-order valence-electron chi connectivity index (χ4n) is 2.68. The van der Waals surface area contributed by atoms with Gasteiger partial charge in [-0.25, -0.2) is 8.42 Å². The Bertz CT molecular complexity index is 942. The number of rotatable bonds is 9. The van der Waals surface area contributed by atoms with Crippen molar-refractivity contribution in [3.8, 4) is 11.5 Å². The standard InChI is InChI=1S/C21H28N2O5S/c1-6-16(3)22-21(24)14-23(19-12-9-17(27-4)13-20(19)28-5)29(25,26)18-10-7-15(2)8-11-18/h7-13,16H,6,14H2,1-5H3,(H,22,24). The van der Waals surface area contributed by atoms with E-state index in [0.717, 1.165) is 16.3 Å². The number of amides is 1. The minimum absolute atomic E-state index is 0.0656. The molecule has 0 spiro atoms. The highest BCUT2D eigenvalue weighted by atomic mass is 32.2. The average Bonchev–Trinajstić information content (AvgIpc) is 2.71. The van der Waals surface area contributed by atoms with Crippen LogP contribution in [0.1, 0.15) is 25.8 Å². The highest BCUT2D eigenvalue weighted by Gasteiger charge is 2.30. The summed E-state index contributed by atoms with van der Waals surface area (Å²) >= 11 is 0. The minimum atomic E-state index is -4.01. The van der Waals surface area contributed by atoms with Gasteiger partial charge in [0.25, 0.3) is 10.0 Å². The molecule has 7 nitrogen and oxygen atoms in total. The molecule has 0 saturated carbocycles. The Hall–Kier alpha value is -2.74. The first-order valence-corrected chi connectivity index (χ1v) is 10.8. The lowest BCUT2D eigenvalue weighted by molar-refractivity contribution is -0.120. The molecule has 0 aliphatic carbocycles. The highest BCUT2D eigenvalue weighted by Crippen LogP contribution is 2.35. The zero-order valence-electron chi connectivity index (χ0n) is 17.4. The molecule has 8 heteroatoms. The number of hydrogen-bond acceptors (Lipinski definition) is 5. The van der Waals surface area contributed by atoms with E-state index in [9.17, 15) is 13.2 Å². The second-order valence-corrected chi connectivity index (χ2v) is 8.60. The molecule has 0 fully saturated rings. The van der Waals surface area contributed by atoms with Gasteiger partial charge in [-0.1, -0.05) is 24.6 Å². The molecule has 0 saturated heterocycles. The number of ether oxygens (including phenoxy) is 2. The van der Waals surface area contributed by atoms with Crippen LogP contribution < -0.4 is 19.1 Å². The zero-order chi connectivity index (χ0) is 21.6. The smallest absolute Gasteiger partial charge is 0.264 e. The van der Waals surface area contributed by atoms with Gasteiger partial charge in [0.2, 0.25) is 5.91 Å². The van der Waals surface area contributed by atoms with Crippen molar-refractivity contribution in [2.75, 3.05) is 25.1 Å². The van der Waals surface area contributed by atoms with Crippen molar-refractivity contribution in [1.29, 1.82) is 0 Å². The maximum atomic E-state index is 13.4. The van der Waals surface area contributed by atoms with Gasteiger partial charge in [-0.15, -0.1) is 0 Å². The third kappa shape index (κ3) is 5.41. The lowest BCUT2D eigenvalue weighted by Gasteiger charge is -2.26. The number of hydrogen-bond donors (Lipinski definition) is 1. The summed E-state index contributed by atoms with van der Waals surface area (Å²) in [7, 11) is -1.06. The molecular formula is C21H28N2O5S. The fraction of sp³-hybridized carbons (Fsp3) is 0.381. The molecule has 0 aliphatic rings. The van der Waals surface area contributed by atoms with Crippen molar-refractivity contribution in [2.24, 2.45) is 0 Å². The zero-order valence-corrected chi connectivity index (χ0v) is 18.2. The van der Waals surface area contributed by atoms with Crippen LogP contribution in [0.3, 0.4) is 0 Å². The summed E-state index contributed by atoms with van der Waals surface area (Å²) in [5.74, 6) is 0.409. The number of nitrogens with one attached hydrogen (secondary N) is 1. The van der Waals surface area contributed by atoms with E-state index >= 15 is 0 Å². The van der Waals surface area contributed by atoms with Crippen LogP contribution in [0.2, 0.25) is 0 Å². The first kappa shape index (κ1) is 22.5. The monoisotopic (exact) mass is 420 g/mol. The van der Waals surface area contributed by atoms with Gasteiger partial charge >= 0.3 is 0 Å². The van der Waals surface area contributed by atoms with Gasteiger partial charge in [-0.05, 0) is 44.5 Å². The quantitative estimate of drug-likeness (QED) is 0.674. The number of aryl methyl sites for hydroxylation is 1. The third-order valence-corrected chi connectivity index (χ3v) is 6.35. The summed E-state index contributed by atoms with van der Waals surface area (Å²) in [5.41, 5.74) is 1.19. The van der Waals surface area contributed by atoms with Crippen molar-refractivity contribution >= 4 is 21.6 Å². The van der Waals surface area contributed by atoms with E-state index in [2.05, 4.69) is 5.32 Å². The molecule has 0 aromatic heterocycles. The van der Waals surface area contributed by atoms with Crippen molar-refractivity contribution in [2.45, 2.75) is 38.1 Å². The van der Waals surface area contributed by atoms with Crippen LogP contribution in [-0.4, -0.2) is 41.1 Å². The summed E-state index contributed by atoms with van der Waals surface area (Å²) in [4.78, 5) is 12.7. The minimum Gasteiger partial charge on any atom is -0.497 e. The van der Waals surface area contributed by atoms with Gasteiger partial charge in [0.1, 0.15) is 18.0 Å². The van der Waals surface area contributed by atoms with Gasteiger partial charge in [0, 0.05) is 12.1 Å². The Balaban J connectivity index is 2.54. The molecule has 2 rings (SSSR count). The maximum absolute atomic E-state index is 13.4. The SMILES string of the molecule is CCC(C)NC(=O)CN(c1ccc(OC)cc1OC)S(=O)(=O)c1ccc(C)cc1. The molecule has 0 aliphatic heterocycles. The van der Waals surface area contributed by atoms with E-state index in [1.165, 1.54) is 26.4 Å². The molecule has 2 aromatic carbocycles. The molecule has 1 amide bonds. The maximum Gasteiger partial charge on any atom is 0.264 e. The molecule has 1 N–H and O–H groups in total. The van der Waals surface area contributed by atoms with Crippen molar-refractivity contribution in [1.82, 2.24) is 5.32 Å². The Morgan fingerprint density at radius 3 is 2.31 bits per heavy atom. The van der Waals surface area contributed by atoms with E-state index in [0.29, 0.717) is 5.75 Å². The van der Waals surface area contributed by atoms with Crippen LogP contribution in [0, 0.1) is 6.92 Å². The average molecular weight is 421 g/mol. The number of methoxy groups -OCH3 is 2. The Morgan fingerprint density at radius 2 is 1.76 bits per heavy atom. The predicted molar refractivity (Wildman–Crippen MR) is 113 cm³/mol. The molecule has 29 heavy (non-hydrogen) atoms. The van der Waals surface area contributed by atoms with E-state index in [4.69, 9.17) is 9.47 Å². The Kier molecular flexibility index (Phi) is 7.50. The van der Waals surface area contributed by atoms with Crippen LogP contribution >= 0.6 is 0 Å². The van der Waals surface area contributed by atoms with E-state index in [1.54, 1.807) is 30.3 Å². The summed E-state index contributed by atoms with van der Waals surface area (Å²) < 4.78 is 38.5. The van der Waals surface area contributed by atoms with Crippen LogP contribution in [0.4, 0.5) is 5.69 Å². The molecule has 1 unspecified atom stereocenters. The number of anilines is 1. The Morgan fingerprint density at radius 1 is 1.10 bits per heavy atom. The largest absolute Gasteiger partial charge is 0.497 e. The molecule has 0 bridgehead atoms. The van der Waals surface area contributed by atoms with Crippen molar-refractivity contribution < 1.29 is 22.7 Å². The van der Waals surface area contributed by atoms with Crippen LogP contribution in [0.15, 0.2) is 47.4 Å². The first-order valence-electron chi connectivity index (χ1n) is 9.33. The number of sulfonamides is 1. The van der Waals surface area contributed by atoms with E-state index in [-0.39, 0.29) is 28.9 Å². The van der Waals surface area contributed by atoms with Crippen LogP contribution in [0.25, 0.3) is 0 Å². The lowest BCUT2D eigenvalue weighted by Crippen LogP contribution is -2.43. The van der Waals surface area contributed by atoms with Gasteiger partial charge < -0.3 is 14.8 Å². The summed E-state index contributed by atoms with van der Waals surface area (Å²) in [6.07, 6.45) is 0.738. The molecule has 158 valence electrons. The number of carbonyl (C=O) groups is 1. The highest BCUT2D eigenvalue weighted by molar-refractivity contribution is 7.92. The number of benzene rings is 2. The van der Waals surface area contributed by atoms with E-state index < -0.39 is 15.9 Å². The topological polar surface area (TPSA) is 84.9 Å². The summed E-state index contributed by atoms with van der Waals surface area (Å²) in [5, 5.41) is 2.81. The van der Waals surface area contributed by atoms with Crippen molar-refractivity contribution in [3.63, 3.8) is 0 Å². The Labute approximate surface area is 172 Å². The first-order chi connectivity index (χ1) is 13.7.